The fraction of sp³-hybridized carbons (Fsp3) is 0.263. The molecule has 2 unspecified atom stereocenters. The van der Waals surface area contributed by atoms with Crippen LogP contribution in [0.2, 0.25) is 0 Å². The van der Waals surface area contributed by atoms with Gasteiger partial charge in [-0.15, -0.1) is 0 Å². The molecule has 5 nitrogen and oxygen atoms in total. The van der Waals surface area contributed by atoms with Crippen LogP contribution in [0.25, 0.3) is 0 Å². The second-order valence-electron chi connectivity index (χ2n) is 5.49. The van der Waals surface area contributed by atoms with E-state index in [0.717, 1.165) is 11.1 Å². The number of hydrogen-bond donors (Lipinski definition) is 1. The lowest BCUT2D eigenvalue weighted by atomic mass is 10.2. The van der Waals surface area contributed by atoms with Crippen LogP contribution in [-0.4, -0.2) is 23.5 Å². The molecule has 2 rings (SSSR count). The van der Waals surface area contributed by atoms with Crippen LogP contribution < -0.4 is 5.32 Å². The van der Waals surface area contributed by atoms with E-state index in [1.165, 1.54) is 0 Å². The van der Waals surface area contributed by atoms with Gasteiger partial charge in [0.25, 0.3) is 0 Å². The van der Waals surface area contributed by atoms with Gasteiger partial charge in [-0.1, -0.05) is 60.7 Å². The first-order valence-corrected chi connectivity index (χ1v) is 8.26. The minimum atomic E-state index is -0.992. The molecule has 0 radical (unpaired) electrons. The molecule has 0 heterocycles. The van der Waals surface area contributed by atoms with Crippen LogP contribution in [0.1, 0.15) is 18.1 Å². The van der Waals surface area contributed by atoms with Gasteiger partial charge in [-0.2, -0.15) is 0 Å². The van der Waals surface area contributed by atoms with Crippen LogP contribution in [0.3, 0.4) is 0 Å². The van der Waals surface area contributed by atoms with Crippen LogP contribution >= 0.6 is 11.6 Å². The van der Waals surface area contributed by atoms with Crippen molar-refractivity contribution >= 4 is 22.9 Å². The molecule has 0 aliphatic carbocycles. The monoisotopic (exact) mass is 361 g/mol. The topological polar surface area (TPSA) is 64.6 Å². The van der Waals surface area contributed by atoms with Gasteiger partial charge < -0.3 is 14.8 Å². The highest BCUT2D eigenvalue weighted by Crippen LogP contribution is 2.09. The fourth-order valence-corrected chi connectivity index (χ4v) is 2.38. The first-order chi connectivity index (χ1) is 12.1. The zero-order valence-electron chi connectivity index (χ0n) is 13.9. The summed E-state index contributed by atoms with van der Waals surface area (Å²) in [6, 6.07) is 17.8. The zero-order valence-corrected chi connectivity index (χ0v) is 14.6. The number of benzene rings is 2. The van der Waals surface area contributed by atoms with Crippen LogP contribution in [0.5, 0.6) is 0 Å². The largest absolute Gasteiger partial charge is 0.445 e. The average molecular weight is 362 g/mol. The molecule has 2 aromatic carbocycles. The van der Waals surface area contributed by atoms with Gasteiger partial charge in [-0.25, -0.2) is 4.79 Å². The van der Waals surface area contributed by atoms with Crippen molar-refractivity contribution in [3.63, 3.8) is 0 Å². The van der Waals surface area contributed by atoms with Crippen molar-refractivity contribution in [2.24, 2.45) is 0 Å². The quantitative estimate of drug-likeness (QED) is 0.729. The van der Waals surface area contributed by atoms with Crippen molar-refractivity contribution in [3.05, 3.63) is 71.8 Å². The van der Waals surface area contributed by atoms with Crippen molar-refractivity contribution in [2.75, 3.05) is 0 Å². The van der Waals surface area contributed by atoms with E-state index in [1.54, 1.807) is 6.92 Å². The Balaban J connectivity index is 1.84. The SMILES string of the molecule is CC(OCc1ccccc1)C(NC(=O)OCc1ccccc1)C(=O)Cl. The molecule has 0 saturated carbocycles. The van der Waals surface area contributed by atoms with Crippen LogP contribution in [-0.2, 0) is 27.5 Å². The lowest BCUT2D eigenvalue weighted by Crippen LogP contribution is -2.47. The highest BCUT2D eigenvalue weighted by molar-refractivity contribution is 6.65. The Kier molecular flexibility index (Phi) is 7.44. The number of hydrogen-bond acceptors (Lipinski definition) is 4. The molecule has 1 amide bonds. The molecule has 132 valence electrons. The van der Waals surface area contributed by atoms with E-state index in [9.17, 15) is 9.59 Å². The van der Waals surface area contributed by atoms with Crippen LogP contribution in [0.4, 0.5) is 4.79 Å². The molecule has 25 heavy (non-hydrogen) atoms. The second kappa shape index (κ2) is 9.81. The van der Waals surface area contributed by atoms with E-state index >= 15 is 0 Å². The molecule has 0 bridgehead atoms. The van der Waals surface area contributed by atoms with E-state index < -0.39 is 23.5 Å². The van der Waals surface area contributed by atoms with E-state index in [2.05, 4.69) is 5.32 Å². The molecular formula is C19H20ClNO4. The number of amides is 1. The maximum Gasteiger partial charge on any atom is 0.408 e. The Bertz CT molecular complexity index is 678. The van der Waals surface area contributed by atoms with Gasteiger partial charge in [0.05, 0.1) is 12.7 Å². The normalized spacial score (nSPS) is 12.9. The summed E-state index contributed by atoms with van der Waals surface area (Å²) < 4.78 is 10.7. The number of halogens is 1. The third kappa shape index (κ3) is 6.57. The van der Waals surface area contributed by atoms with E-state index in [1.807, 2.05) is 60.7 Å². The minimum Gasteiger partial charge on any atom is -0.445 e. The smallest absolute Gasteiger partial charge is 0.408 e. The molecule has 0 spiro atoms. The van der Waals surface area contributed by atoms with E-state index in [0.29, 0.717) is 6.61 Å². The highest BCUT2D eigenvalue weighted by atomic mass is 35.5. The molecule has 0 aromatic heterocycles. The number of carbonyl (C=O) groups excluding carboxylic acids is 2. The first kappa shape index (κ1) is 19.0. The van der Waals surface area contributed by atoms with Gasteiger partial charge in [0.1, 0.15) is 12.6 Å². The summed E-state index contributed by atoms with van der Waals surface area (Å²) in [4.78, 5) is 23.5. The Morgan fingerprint density at radius 3 is 2.00 bits per heavy atom. The van der Waals surface area contributed by atoms with Crippen LogP contribution in [0, 0.1) is 0 Å². The van der Waals surface area contributed by atoms with Gasteiger partial charge in [-0.05, 0) is 29.7 Å². The zero-order chi connectivity index (χ0) is 18.1. The molecule has 6 heteroatoms. The van der Waals surface area contributed by atoms with Crippen molar-refractivity contribution in [2.45, 2.75) is 32.3 Å². The lowest BCUT2D eigenvalue weighted by Gasteiger charge is -2.22. The Hall–Kier alpha value is -2.37. The number of ether oxygens (including phenoxy) is 2. The predicted molar refractivity (Wildman–Crippen MR) is 95.1 cm³/mol. The number of rotatable bonds is 8. The molecule has 0 fully saturated rings. The summed E-state index contributed by atoms with van der Waals surface area (Å²) in [7, 11) is 0. The minimum absolute atomic E-state index is 0.106. The average Bonchev–Trinajstić information content (AvgIpc) is 2.64. The van der Waals surface area contributed by atoms with Gasteiger partial charge in [-0.3, -0.25) is 4.79 Å². The third-order valence-corrected chi connectivity index (χ3v) is 3.79. The van der Waals surface area contributed by atoms with E-state index in [4.69, 9.17) is 21.1 Å². The Morgan fingerprint density at radius 1 is 0.960 bits per heavy atom. The molecular weight excluding hydrogens is 342 g/mol. The first-order valence-electron chi connectivity index (χ1n) is 7.88. The van der Waals surface area contributed by atoms with Crippen molar-refractivity contribution in [3.8, 4) is 0 Å². The summed E-state index contributed by atoms with van der Waals surface area (Å²) in [5.41, 5.74) is 1.81. The Morgan fingerprint density at radius 2 is 1.48 bits per heavy atom. The molecule has 2 aromatic rings. The van der Waals surface area contributed by atoms with E-state index in [-0.39, 0.29) is 6.61 Å². The van der Waals surface area contributed by atoms with Gasteiger partial charge in [0, 0.05) is 0 Å². The predicted octanol–water partition coefficient (Wildman–Crippen LogP) is 3.65. The standard InChI is InChI=1S/C19H20ClNO4/c1-14(24-12-15-8-4-2-5-9-15)17(18(20)22)21-19(23)25-13-16-10-6-3-7-11-16/h2-11,14,17H,12-13H2,1H3,(H,21,23). The summed E-state index contributed by atoms with van der Waals surface area (Å²) in [6.07, 6.45) is -1.33. The third-order valence-electron chi connectivity index (χ3n) is 3.56. The van der Waals surface area contributed by atoms with Gasteiger partial charge in [0.15, 0.2) is 0 Å². The lowest BCUT2D eigenvalue weighted by molar-refractivity contribution is -0.117. The molecule has 2 atom stereocenters. The molecule has 0 aliphatic rings. The second-order valence-corrected chi connectivity index (χ2v) is 5.86. The number of carbonyl (C=O) groups is 2. The maximum absolute atomic E-state index is 11.9. The molecule has 0 saturated heterocycles. The van der Waals surface area contributed by atoms with Crippen molar-refractivity contribution in [1.82, 2.24) is 5.32 Å². The number of nitrogens with one attached hydrogen (secondary N) is 1. The van der Waals surface area contributed by atoms with Crippen molar-refractivity contribution < 1.29 is 19.1 Å². The Labute approximate surface area is 151 Å². The molecule has 1 N–H and O–H groups in total. The van der Waals surface area contributed by atoms with Gasteiger partial charge >= 0.3 is 6.09 Å². The number of alkyl carbamates (subject to hydrolysis) is 1. The summed E-state index contributed by atoms with van der Waals surface area (Å²) in [6.45, 7) is 2.09. The summed E-state index contributed by atoms with van der Waals surface area (Å²) in [5.74, 6) is 0. The molecule has 0 aliphatic heterocycles. The maximum atomic E-state index is 11.9. The van der Waals surface area contributed by atoms with Crippen molar-refractivity contribution in [1.29, 1.82) is 0 Å². The summed E-state index contributed by atoms with van der Waals surface area (Å²) in [5, 5.41) is 1.74. The highest BCUT2D eigenvalue weighted by Gasteiger charge is 2.27. The van der Waals surface area contributed by atoms with Gasteiger partial charge in [0.2, 0.25) is 5.24 Å². The summed E-state index contributed by atoms with van der Waals surface area (Å²) >= 11 is 5.59. The fourth-order valence-electron chi connectivity index (χ4n) is 2.15. The van der Waals surface area contributed by atoms with Crippen LogP contribution in [0.15, 0.2) is 60.7 Å².